The van der Waals surface area contributed by atoms with E-state index in [9.17, 15) is 4.79 Å². The summed E-state index contributed by atoms with van der Waals surface area (Å²) in [7, 11) is 1.52. The van der Waals surface area contributed by atoms with Gasteiger partial charge in [-0.05, 0) is 18.6 Å². The van der Waals surface area contributed by atoms with Crippen molar-refractivity contribution >= 4 is 29.4 Å². The number of carbonyl (C=O) groups is 1. The van der Waals surface area contributed by atoms with E-state index in [0.717, 1.165) is 11.8 Å². The number of aryl methyl sites for hydroxylation is 1. The van der Waals surface area contributed by atoms with Crippen molar-refractivity contribution in [2.45, 2.75) is 6.92 Å². The van der Waals surface area contributed by atoms with E-state index in [0.29, 0.717) is 16.5 Å². The molecule has 6 heteroatoms. The molecule has 16 heavy (non-hydrogen) atoms. The fourth-order valence-electron chi connectivity index (χ4n) is 1.16. The van der Waals surface area contributed by atoms with Gasteiger partial charge in [0.25, 0.3) is 5.91 Å². The minimum atomic E-state index is -0.572. The molecule has 0 saturated heterocycles. The number of nitrogens with one attached hydrogen (secondary N) is 1. The molecule has 0 atom stereocenters. The van der Waals surface area contributed by atoms with Crippen molar-refractivity contribution in [2.24, 2.45) is 5.16 Å². The largest absolute Gasteiger partial charge is 0.497 e. The predicted molar refractivity (Wildman–Crippen MR) is 61.6 cm³/mol. The van der Waals surface area contributed by atoms with Crippen LogP contribution in [0.5, 0.6) is 5.75 Å². The van der Waals surface area contributed by atoms with Gasteiger partial charge in [-0.1, -0.05) is 16.8 Å². The van der Waals surface area contributed by atoms with E-state index in [-0.39, 0.29) is 0 Å². The Morgan fingerprint density at radius 1 is 1.62 bits per heavy atom. The highest BCUT2D eigenvalue weighted by atomic mass is 35.5. The summed E-state index contributed by atoms with van der Waals surface area (Å²) in [5.74, 6) is 0.00944. The second-order valence-corrected chi connectivity index (χ2v) is 3.42. The number of ether oxygens (including phenoxy) is 1. The van der Waals surface area contributed by atoms with Gasteiger partial charge >= 0.3 is 0 Å². The fourth-order valence-corrected chi connectivity index (χ4v) is 1.32. The van der Waals surface area contributed by atoms with E-state index in [1.165, 1.54) is 7.11 Å². The highest BCUT2D eigenvalue weighted by Gasteiger charge is 2.08. The Morgan fingerprint density at radius 2 is 2.31 bits per heavy atom. The van der Waals surface area contributed by atoms with Gasteiger partial charge in [0.2, 0.25) is 0 Å². The zero-order valence-corrected chi connectivity index (χ0v) is 9.58. The Hall–Kier alpha value is -1.75. The van der Waals surface area contributed by atoms with E-state index in [1.807, 2.05) is 0 Å². The summed E-state index contributed by atoms with van der Waals surface area (Å²) in [5.41, 5.74) is 1.18. The normalized spacial score (nSPS) is 10.4. The lowest BCUT2D eigenvalue weighted by Gasteiger charge is -2.09. The van der Waals surface area contributed by atoms with Gasteiger partial charge in [0.05, 0.1) is 17.8 Å². The zero-order valence-electron chi connectivity index (χ0n) is 8.82. The van der Waals surface area contributed by atoms with Crippen LogP contribution < -0.4 is 10.1 Å². The number of amides is 1. The molecular formula is C10H11ClN2O3. The Labute approximate surface area is 97.7 Å². The summed E-state index contributed by atoms with van der Waals surface area (Å²) < 4.78 is 5.04. The predicted octanol–water partition coefficient (Wildman–Crippen LogP) is 2.06. The van der Waals surface area contributed by atoms with Gasteiger partial charge in [0, 0.05) is 6.07 Å². The van der Waals surface area contributed by atoms with Crippen LogP contribution in [0.2, 0.25) is 5.02 Å². The SMILES string of the molecule is COc1cc(C)c(Cl)c(NC(=O)C=NO)c1. The summed E-state index contributed by atoms with van der Waals surface area (Å²) in [6, 6.07) is 3.33. The van der Waals surface area contributed by atoms with Gasteiger partial charge in [-0.25, -0.2) is 0 Å². The number of benzene rings is 1. The Kier molecular flexibility index (Phi) is 4.13. The summed E-state index contributed by atoms with van der Waals surface area (Å²) >= 11 is 5.99. The van der Waals surface area contributed by atoms with E-state index in [2.05, 4.69) is 10.5 Å². The van der Waals surface area contributed by atoms with Crippen molar-refractivity contribution in [3.63, 3.8) is 0 Å². The Morgan fingerprint density at radius 3 is 2.88 bits per heavy atom. The van der Waals surface area contributed by atoms with Gasteiger partial charge in [-0.15, -0.1) is 0 Å². The van der Waals surface area contributed by atoms with E-state index >= 15 is 0 Å². The third-order valence-corrected chi connectivity index (χ3v) is 2.40. The van der Waals surface area contributed by atoms with Crippen LogP contribution in [0, 0.1) is 6.92 Å². The number of halogens is 1. The molecule has 0 saturated carbocycles. The number of rotatable bonds is 3. The second-order valence-electron chi connectivity index (χ2n) is 3.04. The molecule has 0 bridgehead atoms. The molecule has 1 aromatic carbocycles. The van der Waals surface area contributed by atoms with Gasteiger partial charge < -0.3 is 15.3 Å². The molecule has 86 valence electrons. The van der Waals surface area contributed by atoms with Crippen molar-refractivity contribution in [2.75, 3.05) is 12.4 Å². The van der Waals surface area contributed by atoms with Gasteiger partial charge in [-0.2, -0.15) is 0 Å². The lowest BCUT2D eigenvalue weighted by Crippen LogP contribution is -2.13. The fraction of sp³-hybridized carbons (Fsp3) is 0.200. The minimum Gasteiger partial charge on any atom is -0.497 e. The van der Waals surface area contributed by atoms with Crippen molar-refractivity contribution < 1.29 is 14.7 Å². The molecule has 1 rings (SSSR count). The average Bonchev–Trinajstić information content (AvgIpc) is 2.24. The van der Waals surface area contributed by atoms with Crippen molar-refractivity contribution in [1.82, 2.24) is 0 Å². The van der Waals surface area contributed by atoms with Gasteiger partial charge in [0.15, 0.2) is 0 Å². The summed E-state index contributed by atoms with van der Waals surface area (Å²) in [5, 5.41) is 13.7. The van der Waals surface area contributed by atoms with Crippen molar-refractivity contribution in [1.29, 1.82) is 0 Å². The minimum absolute atomic E-state index is 0.406. The number of anilines is 1. The molecule has 5 nitrogen and oxygen atoms in total. The van der Waals surface area contributed by atoms with Crippen LogP contribution in [-0.2, 0) is 4.79 Å². The molecule has 1 amide bonds. The Bertz CT molecular complexity index is 432. The van der Waals surface area contributed by atoms with Gasteiger partial charge in [0.1, 0.15) is 12.0 Å². The van der Waals surface area contributed by atoms with Crippen molar-refractivity contribution in [3.8, 4) is 5.75 Å². The highest BCUT2D eigenvalue weighted by Crippen LogP contribution is 2.30. The first-order valence-electron chi connectivity index (χ1n) is 4.41. The first-order valence-corrected chi connectivity index (χ1v) is 4.79. The van der Waals surface area contributed by atoms with E-state index in [1.54, 1.807) is 19.1 Å². The second kappa shape index (κ2) is 5.37. The summed E-state index contributed by atoms with van der Waals surface area (Å²) in [4.78, 5) is 11.2. The van der Waals surface area contributed by atoms with Crippen molar-refractivity contribution in [3.05, 3.63) is 22.7 Å². The molecule has 0 aliphatic rings. The number of methoxy groups -OCH3 is 1. The van der Waals surface area contributed by atoms with Crippen LogP contribution >= 0.6 is 11.6 Å². The number of hydrogen-bond donors (Lipinski definition) is 2. The molecular weight excluding hydrogens is 232 g/mol. The van der Waals surface area contributed by atoms with Crippen LogP contribution in [0.4, 0.5) is 5.69 Å². The molecule has 0 fully saturated rings. The standard InChI is InChI=1S/C10H11ClN2O3/c1-6-3-7(16-2)4-8(10(6)11)13-9(14)5-12-15/h3-5,15H,1-2H3,(H,13,14). The maximum Gasteiger partial charge on any atom is 0.270 e. The van der Waals surface area contributed by atoms with Crippen LogP contribution in [0.1, 0.15) is 5.56 Å². The number of nitrogens with zero attached hydrogens (tertiary/aromatic N) is 1. The smallest absolute Gasteiger partial charge is 0.270 e. The number of carbonyl (C=O) groups excluding carboxylic acids is 1. The maximum atomic E-state index is 11.2. The first kappa shape index (κ1) is 12.3. The zero-order chi connectivity index (χ0) is 12.1. The number of oxime groups is 1. The van der Waals surface area contributed by atoms with E-state index in [4.69, 9.17) is 21.5 Å². The average molecular weight is 243 g/mol. The summed E-state index contributed by atoms with van der Waals surface area (Å²) in [6.07, 6.45) is 0.741. The monoisotopic (exact) mass is 242 g/mol. The molecule has 0 radical (unpaired) electrons. The quantitative estimate of drug-likeness (QED) is 0.484. The molecule has 0 heterocycles. The molecule has 0 spiro atoms. The summed E-state index contributed by atoms with van der Waals surface area (Å²) in [6.45, 7) is 1.79. The molecule has 1 aromatic rings. The number of hydrogen-bond acceptors (Lipinski definition) is 4. The third kappa shape index (κ3) is 2.87. The lowest BCUT2D eigenvalue weighted by atomic mass is 10.2. The molecule has 0 unspecified atom stereocenters. The van der Waals surface area contributed by atoms with Crippen LogP contribution in [-0.4, -0.2) is 24.4 Å². The third-order valence-electron chi connectivity index (χ3n) is 1.90. The van der Waals surface area contributed by atoms with Gasteiger partial charge in [-0.3, -0.25) is 4.79 Å². The molecule has 2 N–H and O–H groups in total. The topological polar surface area (TPSA) is 70.9 Å². The lowest BCUT2D eigenvalue weighted by molar-refractivity contribution is -0.110. The highest BCUT2D eigenvalue weighted by molar-refractivity contribution is 6.37. The molecule has 0 aliphatic carbocycles. The van der Waals surface area contributed by atoms with Crippen LogP contribution in [0.3, 0.4) is 0 Å². The Balaban J connectivity index is 3.03. The van der Waals surface area contributed by atoms with E-state index < -0.39 is 5.91 Å². The molecule has 0 aromatic heterocycles. The maximum absolute atomic E-state index is 11.2. The van der Waals surface area contributed by atoms with Crippen LogP contribution in [0.25, 0.3) is 0 Å². The molecule has 0 aliphatic heterocycles. The van der Waals surface area contributed by atoms with Crippen LogP contribution in [0.15, 0.2) is 17.3 Å². The first-order chi connectivity index (χ1) is 7.58.